The van der Waals surface area contributed by atoms with Crippen LogP contribution < -0.4 is 10.6 Å². The lowest BCUT2D eigenvalue weighted by Gasteiger charge is -2.23. The van der Waals surface area contributed by atoms with Gasteiger partial charge in [-0.25, -0.2) is 0 Å². The first kappa shape index (κ1) is 21.4. The van der Waals surface area contributed by atoms with Gasteiger partial charge in [0.1, 0.15) is 0 Å². The van der Waals surface area contributed by atoms with Gasteiger partial charge < -0.3 is 10.6 Å². The molecule has 0 spiro atoms. The van der Waals surface area contributed by atoms with Gasteiger partial charge >= 0.3 is 0 Å². The van der Waals surface area contributed by atoms with Gasteiger partial charge in [0.05, 0.1) is 18.1 Å². The quantitative estimate of drug-likeness (QED) is 0.506. The number of carbonyl (C=O) groups is 2. The molecular formula is C20H20N4O2S3. The first-order valence-corrected chi connectivity index (χ1v) is 11.6. The molecule has 3 aromatic rings. The molecule has 0 fully saturated rings. The van der Waals surface area contributed by atoms with E-state index in [4.69, 9.17) is 5.73 Å². The third kappa shape index (κ3) is 6.59. The topological polar surface area (TPSA) is 89.2 Å². The number of rotatable bonds is 9. The lowest BCUT2D eigenvalue weighted by molar-refractivity contribution is -0.116. The molecule has 0 saturated heterocycles. The van der Waals surface area contributed by atoms with Crippen molar-refractivity contribution < 1.29 is 9.59 Å². The molecule has 0 bridgehead atoms. The average molecular weight is 445 g/mol. The summed E-state index contributed by atoms with van der Waals surface area (Å²) in [5.74, 6) is 0.00192. The predicted octanol–water partition coefficient (Wildman–Crippen LogP) is 3.75. The molecule has 9 heteroatoms. The van der Waals surface area contributed by atoms with Crippen molar-refractivity contribution in [3.05, 3.63) is 65.7 Å². The zero-order valence-electron chi connectivity index (χ0n) is 15.8. The van der Waals surface area contributed by atoms with Crippen molar-refractivity contribution in [2.24, 2.45) is 5.73 Å². The highest BCUT2D eigenvalue weighted by Crippen LogP contribution is 2.29. The van der Waals surface area contributed by atoms with Gasteiger partial charge in [-0.1, -0.05) is 77.3 Å². The SMILES string of the molecule is Cc1cccc(N(Cc2ccccc2)C(=O)CSc2nnc(SCC(N)=O)s2)c1. The summed E-state index contributed by atoms with van der Waals surface area (Å²) in [6.45, 7) is 2.51. The van der Waals surface area contributed by atoms with E-state index in [1.165, 1.54) is 34.9 Å². The lowest BCUT2D eigenvalue weighted by atomic mass is 10.1. The number of amides is 2. The Labute approximate surface area is 181 Å². The maximum Gasteiger partial charge on any atom is 0.237 e. The maximum absolute atomic E-state index is 13.0. The molecule has 150 valence electrons. The van der Waals surface area contributed by atoms with Crippen molar-refractivity contribution in [1.29, 1.82) is 0 Å². The van der Waals surface area contributed by atoms with Crippen LogP contribution in [0, 0.1) is 6.92 Å². The second kappa shape index (κ2) is 10.4. The van der Waals surface area contributed by atoms with Crippen molar-refractivity contribution in [3.8, 4) is 0 Å². The molecular weight excluding hydrogens is 424 g/mol. The van der Waals surface area contributed by atoms with Gasteiger partial charge in [0.15, 0.2) is 8.68 Å². The van der Waals surface area contributed by atoms with Gasteiger partial charge in [-0.05, 0) is 30.2 Å². The Hall–Kier alpha value is -2.36. The van der Waals surface area contributed by atoms with Crippen molar-refractivity contribution in [2.45, 2.75) is 22.1 Å². The van der Waals surface area contributed by atoms with Gasteiger partial charge in [0, 0.05) is 5.69 Å². The van der Waals surface area contributed by atoms with Crippen molar-refractivity contribution in [2.75, 3.05) is 16.4 Å². The van der Waals surface area contributed by atoms with Crippen molar-refractivity contribution in [3.63, 3.8) is 0 Å². The molecule has 2 amide bonds. The van der Waals surface area contributed by atoms with Crippen LogP contribution in [0.1, 0.15) is 11.1 Å². The summed E-state index contributed by atoms with van der Waals surface area (Å²) in [4.78, 5) is 25.7. The average Bonchev–Trinajstić information content (AvgIpc) is 3.17. The van der Waals surface area contributed by atoms with Crippen LogP contribution in [-0.2, 0) is 16.1 Å². The van der Waals surface area contributed by atoms with Crippen LogP contribution in [0.4, 0.5) is 5.69 Å². The Kier molecular flexibility index (Phi) is 7.68. The molecule has 3 rings (SSSR count). The van der Waals surface area contributed by atoms with Gasteiger partial charge in [-0.15, -0.1) is 10.2 Å². The number of benzene rings is 2. The number of thioether (sulfide) groups is 2. The summed E-state index contributed by atoms with van der Waals surface area (Å²) < 4.78 is 1.35. The molecule has 0 aliphatic carbocycles. The van der Waals surface area contributed by atoms with Crippen LogP contribution in [-0.4, -0.2) is 33.5 Å². The number of anilines is 1. The van der Waals surface area contributed by atoms with E-state index >= 15 is 0 Å². The summed E-state index contributed by atoms with van der Waals surface area (Å²) in [5, 5.41) is 8.11. The number of primary amides is 1. The van der Waals surface area contributed by atoms with Gasteiger partial charge in [0.2, 0.25) is 11.8 Å². The van der Waals surface area contributed by atoms with Crippen LogP contribution in [0.2, 0.25) is 0 Å². The Morgan fingerprint density at radius 2 is 1.69 bits per heavy atom. The smallest absolute Gasteiger partial charge is 0.237 e. The molecule has 1 aromatic heterocycles. The molecule has 0 aliphatic heterocycles. The third-order valence-electron chi connectivity index (χ3n) is 3.84. The molecule has 1 heterocycles. The van der Waals surface area contributed by atoms with Crippen molar-refractivity contribution in [1.82, 2.24) is 10.2 Å². The van der Waals surface area contributed by atoms with E-state index in [-0.39, 0.29) is 17.4 Å². The standard InChI is InChI=1S/C20H20N4O2S3/c1-14-6-5-9-16(10-14)24(11-15-7-3-2-4-8-15)18(26)13-28-20-23-22-19(29-20)27-12-17(21)25/h2-10H,11-13H2,1H3,(H2,21,25). The minimum atomic E-state index is -0.399. The van der Waals surface area contributed by atoms with E-state index in [2.05, 4.69) is 10.2 Å². The maximum atomic E-state index is 13.0. The van der Waals surface area contributed by atoms with E-state index in [0.717, 1.165) is 16.8 Å². The molecule has 2 aromatic carbocycles. The number of nitrogens with two attached hydrogens (primary N) is 1. The molecule has 29 heavy (non-hydrogen) atoms. The number of nitrogens with zero attached hydrogens (tertiary/aromatic N) is 3. The van der Waals surface area contributed by atoms with Gasteiger partial charge in [-0.3, -0.25) is 9.59 Å². The fourth-order valence-electron chi connectivity index (χ4n) is 2.53. The molecule has 0 radical (unpaired) electrons. The summed E-state index contributed by atoms with van der Waals surface area (Å²) in [5.41, 5.74) is 8.18. The Balaban J connectivity index is 1.69. The highest BCUT2D eigenvalue weighted by molar-refractivity contribution is 8.03. The summed E-state index contributed by atoms with van der Waals surface area (Å²) in [6.07, 6.45) is 0. The first-order valence-electron chi connectivity index (χ1n) is 8.79. The van der Waals surface area contributed by atoms with Gasteiger partial charge in [-0.2, -0.15) is 0 Å². The number of aryl methyl sites for hydroxylation is 1. The third-order valence-corrected chi connectivity index (χ3v) is 7.04. The number of carbonyl (C=O) groups excluding carboxylic acids is 2. The highest BCUT2D eigenvalue weighted by atomic mass is 32.2. The van der Waals surface area contributed by atoms with E-state index < -0.39 is 5.91 Å². The van der Waals surface area contributed by atoms with Crippen LogP contribution >= 0.6 is 34.9 Å². The molecule has 0 unspecified atom stereocenters. The zero-order chi connectivity index (χ0) is 20.6. The number of aromatic nitrogens is 2. The summed E-state index contributed by atoms with van der Waals surface area (Å²) >= 11 is 3.95. The zero-order valence-corrected chi connectivity index (χ0v) is 18.2. The van der Waals surface area contributed by atoms with E-state index in [1.54, 1.807) is 4.90 Å². The fraction of sp³-hybridized carbons (Fsp3) is 0.200. The summed E-state index contributed by atoms with van der Waals surface area (Å²) in [7, 11) is 0. The Morgan fingerprint density at radius 3 is 2.34 bits per heavy atom. The first-order chi connectivity index (χ1) is 14.0. The molecule has 0 saturated carbocycles. The highest BCUT2D eigenvalue weighted by Gasteiger charge is 2.18. The Bertz CT molecular complexity index is 979. The molecule has 0 atom stereocenters. The Morgan fingerprint density at radius 1 is 1.00 bits per heavy atom. The normalized spacial score (nSPS) is 10.7. The van der Waals surface area contributed by atoms with Crippen LogP contribution in [0.5, 0.6) is 0 Å². The lowest BCUT2D eigenvalue weighted by Crippen LogP contribution is -2.32. The number of hydrogen-bond acceptors (Lipinski definition) is 7. The second-order valence-corrected chi connectivity index (χ2v) is 9.60. The minimum Gasteiger partial charge on any atom is -0.369 e. The van der Waals surface area contributed by atoms with Crippen LogP contribution in [0.25, 0.3) is 0 Å². The van der Waals surface area contributed by atoms with Crippen LogP contribution in [0.15, 0.2) is 63.3 Å². The molecule has 6 nitrogen and oxygen atoms in total. The molecule has 0 aliphatic rings. The second-order valence-electron chi connectivity index (χ2n) is 6.18. The van der Waals surface area contributed by atoms with E-state index in [9.17, 15) is 9.59 Å². The van der Waals surface area contributed by atoms with Crippen molar-refractivity contribution >= 4 is 52.4 Å². The van der Waals surface area contributed by atoms with Gasteiger partial charge in [0.25, 0.3) is 0 Å². The number of hydrogen-bond donors (Lipinski definition) is 1. The van der Waals surface area contributed by atoms with E-state index in [1.807, 2.05) is 61.5 Å². The monoisotopic (exact) mass is 444 g/mol. The fourth-order valence-corrected chi connectivity index (χ4v) is 5.17. The minimum absolute atomic E-state index is 0.00834. The molecule has 2 N–H and O–H groups in total. The van der Waals surface area contributed by atoms with E-state index in [0.29, 0.717) is 15.2 Å². The predicted molar refractivity (Wildman–Crippen MR) is 119 cm³/mol. The largest absolute Gasteiger partial charge is 0.369 e. The summed E-state index contributed by atoms with van der Waals surface area (Å²) in [6, 6.07) is 17.8. The van der Waals surface area contributed by atoms with Crippen LogP contribution in [0.3, 0.4) is 0 Å².